The fourth-order valence-electron chi connectivity index (χ4n) is 2.53. The first kappa shape index (κ1) is 17.8. The van der Waals surface area contributed by atoms with Crippen LogP contribution in [0.15, 0.2) is 60.0 Å². The Bertz CT molecular complexity index is 732. The van der Waals surface area contributed by atoms with Crippen molar-refractivity contribution in [1.29, 1.82) is 0 Å². The number of hydrogen-bond donors (Lipinski definition) is 2. The summed E-state index contributed by atoms with van der Waals surface area (Å²) in [5, 5.41) is 16.6. The van der Waals surface area contributed by atoms with Gasteiger partial charge in [-0.2, -0.15) is 0 Å². The molecule has 2 aromatic carbocycles. The summed E-state index contributed by atoms with van der Waals surface area (Å²) in [6.45, 7) is 0.471. The lowest BCUT2D eigenvalue weighted by Gasteiger charge is -2.25. The van der Waals surface area contributed by atoms with Gasteiger partial charge in [-0.05, 0) is 36.2 Å². The lowest BCUT2D eigenvalue weighted by Crippen LogP contribution is -2.32. The predicted molar refractivity (Wildman–Crippen MR) is 98.8 cm³/mol. The van der Waals surface area contributed by atoms with E-state index in [1.807, 2.05) is 49.5 Å². The van der Waals surface area contributed by atoms with Crippen LogP contribution in [0.5, 0.6) is 5.75 Å². The fourth-order valence-corrected chi connectivity index (χ4v) is 3.34. The van der Waals surface area contributed by atoms with Crippen molar-refractivity contribution in [3.8, 4) is 5.75 Å². The molecule has 5 heteroatoms. The summed E-state index contributed by atoms with van der Waals surface area (Å²) in [5.41, 5.74) is 0.970. The first-order valence-electron chi connectivity index (χ1n) is 7.30. The Balaban J connectivity index is 0.00000192. The number of nitrogens with one attached hydrogen (secondary N) is 1. The summed E-state index contributed by atoms with van der Waals surface area (Å²) in [6, 6.07) is 17.9. The Labute approximate surface area is 146 Å². The second-order valence-corrected chi connectivity index (χ2v) is 6.11. The van der Waals surface area contributed by atoms with Crippen molar-refractivity contribution < 1.29 is 9.84 Å². The Morgan fingerprint density at radius 1 is 1.09 bits per heavy atom. The second kappa shape index (κ2) is 8.31. The molecule has 3 aromatic rings. The van der Waals surface area contributed by atoms with Crippen LogP contribution in [0.2, 0.25) is 0 Å². The van der Waals surface area contributed by atoms with Gasteiger partial charge in [0.05, 0.1) is 0 Å². The molecule has 0 unspecified atom stereocenters. The third kappa shape index (κ3) is 4.03. The van der Waals surface area contributed by atoms with Crippen LogP contribution >= 0.6 is 23.7 Å². The summed E-state index contributed by atoms with van der Waals surface area (Å²) in [4.78, 5) is 0. The summed E-state index contributed by atoms with van der Waals surface area (Å²) in [6.07, 6.45) is -1.03. The summed E-state index contributed by atoms with van der Waals surface area (Å²) in [7, 11) is 1.82. The van der Waals surface area contributed by atoms with Gasteiger partial charge < -0.3 is 15.2 Å². The third-order valence-electron chi connectivity index (χ3n) is 3.60. The van der Waals surface area contributed by atoms with Gasteiger partial charge in [0.25, 0.3) is 0 Å². The van der Waals surface area contributed by atoms with E-state index in [9.17, 15) is 5.11 Å². The molecule has 1 heterocycles. The first-order chi connectivity index (χ1) is 10.8. The van der Waals surface area contributed by atoms with Gasteiger partial charge in [-0.3, -0.25) is 0 Å². The highest BCUT2D eigenvalue weighted by atomic mass is 35.5. The van der Waals surface area contributed by atoms with Crippen molar-refractivity contribution in [2.45, 2.75) is 12.2 Å². The molecule has 0 aliphatic carbocycles. The van der Waals surface area contributed by atoms with E-state index in [1.54, 1.807) is 11.3 Å². The van der Waals surface area contributed by atoms with E-state index in [4.69, 9.17) is 4.74 Å². The molecule has 3 rings (SSSR count). The number of rotatable bonds is 6. The highest BCUT2D eigenvalue weighted by Gasteiger charge is 2.23. The van der Waals surface area contributed by atoms with Gasteiger partial charge in [0.2, 0.25) is 0 Å². The van der Waals surface area contributed by atoms with Crippen LogP contribution in [0.3, 0.4) is 0 Å². The lowest BCUT2D eigenvalue weighted by atomic mass is 10.0. The van der Waals surface area contributed by atoms with Crippen molar-refractivity contribution in [2.75, 3.05) is 13.6 Å². The minimum Gasteiger partial charge on any atom is -0.482 e. The van der Waals surface area contributed by atoms with Gasteiger partial charge >= 0.3 is 0 Å². The highest BCUT2D eigenvalue weighted by molar-refractivity contribution is 7.17. The number of aliphatic hydroxyl groups is 1. The maximum absolute atomic E-state index is 10.5. The SMILES string of the molecule is CNC[C@@H](O)[C@H](Oc1cccc2sccc12)c1ccccc1.Cl. The van der Waals surface area contributed by atoms with E-state index >= 15 is 0 Å². The monoisotopic (exact) mass is 349 g/mol. The van der Waals surface area contributed by atoms with E-state index in [0.717, 1.165) is 16.7 Å². The van der Waals surface area contributed by atoms with Crippen LogP contribution in [0, 0.1) is 0 Å². The smallest absolute Gasteiger partial charge is 0.151 e. The number of thiophene rings is 1. The van der Waals surface area contributed by atoms with Gasteiger partial charge in [0.15, 0.2) is 6.10 Å². The molecular weight excluding hydrogens is 330 g/mol. The third-order valence-corrected chi connectivity index (χ3v) is 4.48. The van der Waals surface area contributed by atoms with Crippen LogP contribution < -0.4 is 10.1 Å². The zero-order valence-corrected chi connectivity index (χ0v) is 14.4. The van der Waals surface area contributed by atoms with Crippen LogP contribution in [0.1, 0.15) is 11.7 Å². The topological polar surface area (TPSA) is 41.5 Å². The molecular formula is C18H20ClNO2S. The Morgan fingerprint density at radius 3 is 2.61 bits per heavy atom. The van der Waals surface area contributed by atoms with E-state index < -0.39 is 12.2 Å². The molecule has 2 N–H and O–H groups in total. The van der Waals surface area contributed by atoms with Gasteiger partial charge in [-0.25, -0.2) is 0 Å². The van der Waals surface area contributed by atoms with Crippen molar-refractivity contribution >= 4 is 33.8 Å². The summed E-state index contributed by atoms with van der Waals surface area (Å²) >= 11 is 1.69. The second-order valence-electron chi connectivity index (χ2n) is 5.16. The molecule has 0 bridgehead atoms. The normalized spacial score (nSPS) is 13.3. The van der Waals surface area contributed by atoms with Crippen molar-refractivity contribution in [3.63, 3.8) is 0 Å². The number of likely N-dealkylation sites (N-methyl/N-ethyl adjacent to an activating group) is 1. The molecule has 2 atom stereocenters. The Morgan fingerprint density at radius 2 is 1.87 bits per heavy atom. The van der Waals surface area contributed by atoms with E-state index in [2.05, 4.69) is 22.8 Å². The summed E-state index contributed by atoms with van der Waals surface area (Å²) < 4.78 is 7.39. The Hall–Kier alpha value is -1.59. The number of benzene rings is 2. The van der Waals surface area contributed by atoms with E-state index in [0.29, 0.717) is 6.54 Å². The molecule has 0 amide bonds. The van der Waals surface area contributed by atoms with Crippen LogP contribution in [0.4, 0.5) is 0 Å². The largest absolute Gasteiger partial charge is 0.482 e. The highest BCUT2D eigenvalue weighted by Crippen LogP contribution is 2.33. The first-order valence-corrected chi connectivity index (χ1v) is 8.18. The van der Waals surface area contributed by atoms with Gasteiger partial charge in [-0.1, -0.05) is 36.4 Å². The molecule has 3 nitrogen and oxygen atoms in total. The number of halogens is 1. The zero-order valence-electron chi connectivity index (χ0n) is 12.8. The number of ether oxygens (including phenoxy) is 1. The van der Waals surface area contributed by atoms with Crippen LogP contribution in [-0.2, 0) is 0 Å². The molecule has 23 heavy (non-hydrogen) atoms. The predicted octanol–water partition coefficient (Wildman–Crippen LogP) is 4.02. The van der Waals surface area contributed by atoms with Crippen LogP contribution in [0.25, 0.3) is 10.1 Å². The van der Waals surface area contributed by atoms with Crippen molar-refractivity contribution in [2.24, 2.45) is 0 Å². The maximum Gasteiger partial charge on any atom is 0.151 e. The molecule has 0 aliphatic rings. The molecule has 0 radical (unpaired) electrons. The maximum atomic E-state index is 10.5. The molecule has 122 valence electrons. The lowest BCUT2D eigenvalue weighted by molar-refractivity contribution is 0.0379. The van der Waals surface area contributed by atoms with Crippen molar-refractivity contribution in [3.05, 3.63) is 65.5 Å². The zero-order chi connectivity index (χ0) is 15.4. The molecule has 0 saturated heterocycles. The molecule has 0 spiro atoms. The standard InChI is InChI=1S/C18H19NO2S.ClH/c1-19-12-15(20)18(13-6-3-2-4-7-13)21-16-8-5-9-17-14(16)10-11-22-17;/h2-11,15,18-20H,12H2,1H3;1H/t15-,18-;/m1./s1. The number of aliphatic hydroxyl groups excluding tert-OH is 1. The minimum absolute atomic E-state index is 0. The minimum atomic E-state index is -0.624. The van der Waals surface area contributed by atoms with Crippen LogP contribution in [-0.4, -0.2) is 24.8 Å². The summed E-state index contributed by atoms with van der Waals surface area (Å²) in [5.74, 6) is 0.808. The molecule has 1 aromatic heterocycles. The molecule has 0 fully saturated rings. The quantitative estimate of drug-likeness (QED) is 0.706. The van der Waals surface area contributed by atoms with Crippen molar-refractivity contribution in [1.82, 2.24) is 5.32 Å². The van der Waals surface area contributed by atoms with E-state index in [-0.39, 0.29) is 12.4 Å². The van der Waals surface area contributed by atoms with Gasteiger partial charge in [-0.15, -0.1) is 23.7 Å². The molecule has 0 aliphatic heterocycles. The fraction of sp³-hybridized carbons (Fsp3) is 0.222. The van der Waals surface area contributed by atoms with Gasteiger partial charge in [0, 0.05) is 16.6 Å². The van der Waals surface area contributed by atoms with E-state index in [1.165, 1.54) is 4.70 Å². The number of hydrogen-bond acceptors (Lipinski definition) is 4. The Kier molecular flexibility index (Phi) is 6.42. The van der Waals surface area contributed by atoms with Gasteiger partial charge in [0.1, 0.15) is 11.9 Å². The average molecular weight is 350 g/mol. The number of fused-ring (bicyclic) bond motifs is 1. The molecule has 0 saturated carbocycles. The average Bonchev–Trinajstić information content (AvgIpc) is 3.03.